The monoisotopic (exact) mass is 384 g/mol. The molecule has 0 saturated carbocycles. The first-order valence-electron chi connectivity index (χ1n) is 9.30. The maximum absolute atomic E-state index is 13.2. The first-order chi connectivity index (χ1) is 14.2. The molecule has 7 nitrogen and oxygen atoms in total. The van der Waals surface area contributed by atoms with Crippen molar-refractivity contribution in [1.82, 2.24) is 24.5 Å². The van der Waals surface area contributed by atoms with Crippen molar-refractivity contribution in [2.75, 3.05) is 6.54 Å². The molecule has 29 heavy (non-hydrogen) atoms. The fraction of sp³-hybridized carbons (Fsp3) is 0.136. The van der Waals surface area contributed by atoms with Crippen LogP contribution in [0.2, 0.25) is 0 Å². The summed E-state index contributed by atoms with van der Waals surface area (Å²) in [5.41, 5.74) is 2.90. The van der Waals surface area contributed by atoms with Gasteiger partial charge in [0.2, 0.25) is 0 Å². The molecule has 0 fully saturated rings. The van der Waals surface area contributed by atoms with Gasteiger partial charge >= 0.3 is 0 Å². The van der Waals surface area contributed by atoms with Gasteiger partial charge in [0.05, 0.1) is 0 Å². The molecule has 4 rings (SSSR count). The Bertz CT molecular complexity index is 1150. The molecule has 0 saturated heterocycles. The number of hydrogen-bond acceptors (Lipinski definition) is 5. The van der Waals surface area contributed by atoms with E-state index in [0.717, 1.165) is 11.1 Å². The smallest absolute Gasteiger partial charge is 0.254 e. The molecule has 0 N–H and O–H groups in total. The number of aromatic nitrogens is 4. The highest BCUT2D eigenvalue weighted by atomic mass is 16.2. The van der Waals surface area contributed by atoms with Crippen molar-refractivity contribution in [3.05, 3.63) is 78.1 Å². The molecule has 0 atom stereocenters. The fourth-order valence-corrected chi connectivity index (χ4v) is 3.13. The third-order valence-corrected chi connectivity index (χ3v) is 4.63. The van der Waals surface area contributed by atoms with Gasteiger partial charge in [0.25, 0.3) is 5.91 Å². The first-order valence-corrected chi connectivity index (χ1v) is 9.30. The van der Waals surface area contributed by atoms with Gasteiger partial charge in [-0.15, -0.1) is 5.10 Å². The Morgan fingerprint density at radius 2 is 2.00 bits per heavy atom. The fourth-order valence-electron chi connectivity index (χ4n) is 3.13. The molecule has 0 aliphatic heterocycles. The minimum Gasteiger partial charge on any atom is -0.335 e. The van der Waals surface area contributed by atoms with E-state index in [1.54, 1.807) is 33.9 Å². The molecular weight excluding hydrogens is 364 g/mol. The van der Waals surface area contributed by atoms with E-state index in [2.05, 4.69) is 26.8 Å². The summed E-state index contributed by atoms with van der Waals surface area (Å²) >= 11 is 0. The Morgan fingerprint density at radius 1 is 1.17 bits per heavy atom. The number of carbonyl (C=O) groups is 1. The number of amides is 1. The second kappa shape index (κ2) is 8.02. The Balaban J connectivity index is 1.71. The number of hydrogen-bond donors (Lipinski definition) is 0. The Morgan fingerprint density at radius 3 is 2.69 bits per heavy atom. The highest BCUT2D eigenvalue weighted by molar-refractivity contribution is 5.96. The first kappa shape index (κ1) is 18.5. The SMILES string of the molecule is C=Nc1cc(C(=O)N(CC)Cc2ccccc2)cc2nc(-c3cccnc3)nn12. The highest BCUT2D eigenvalue weighted by Crippen LogP contribution is 2.22. The van der Waals surface area contributed by atoms with Crippen molar-refractivity contribution in [3.63, 3.8) is 0 Å². The molecule has 144 valence electrons. The summed E-state index contributed by atoms with van der Waals surface area (Å²) < 4.78 is 1.58. The van der Waals surface area contributed by atoms with Crippen molar-refractivity contribution in [1.29, 1.82) is 0 Å². The van der Waals surface area contributed by atoms with Crippen LogP contribution in [-0.2, 0) is 6.54 Å². The maximum Gasteiger partial charge on any atom is 0.254 e. The molecule has 0 unspecified atom stereocenters. The molecule has 0 aliphatic rings. The summed E-state index contributed by atoms with van der Waals surface area (Å²) in [5.74, 6) is 0.892. The topological polar surface area (TPSA) is 75.8 Å². The summed E-state index contributed by atoms with van der Waals surface area (Å²) in [6, 6.07) is 17.0. The van der Waals surface area contributed by atoms with Gasteiger partial charge in [-0.05, 0) is 43.5 Å². The summed E-state index contributed by atoms with van der Waals surface area (Å²) in [5, 5.41) is 4.49. The Hall–Kier alpha value is -3.87. The van der Waals surface area contributed by atoms with Crippen LogP contribution in [0.4, 0.5) is 5.82 Å². The number of pyridine rings is 2. The van der Waals surface area contributed by atoms with Crippen molar-refractivity contribution in [2.45, 2.75) is 13.5 Å². The number of benzene rings is 1. The molecular formula is C22H20N6O. The third-order valence-electron chi connectivity index (χ3n) is 4.63. The van der Waals surface area contributed by atoms with Gasteiger partial charge in [-0.3, -0.25) is 9.78 Å². The standard InChI is InChI=1S/C22H20N6O/c1-3-27(15-16-8-5-4-6-9-16)22(29)18-12-19(23-2)28-20(13-18)25-21(26-28)17-10-7-11-24-14-17/h4-14H,2-3,15H2,1H3. The maximum atomic E-state index is 13.2. The van der Waals surface area contributed by atoms with Crippen molar-refractivity contribution < 1.29 is 4.79 Å². The Labute approximate surface area is 168 Å². The summed E-state index contributed by atoms with van der Waals surface area (Å²) in [6.45, 7) is 6.70. The van der Waals surface area contributed by atoms with E-state index in [1.165, 1.54) is 0 Å². The van der Waals surface area contributed by atoms with Crippen LogP contribution in [0.3, 0.4) is 0 Å². The van der Waals surface area contributed by atoms with Crippen molar-refractivity contribution in [2.24, 2.45) is 4.99 Å². The molecule has 3 aromatic heterocycles. The van der Waals surface area contributed by atoms with E-state index in [0.29, 0.717) is 35.9 Å². The second-order valence-corrected chi connectivity index (χ2v) is 6.51. The minimum absolute atomic E-state index is 0.0883. The average Bonchev–Trinajstić information content (AvgIpc) is 3.22. The summed E-state index contributed by atoms with van der Waals surface area (Å²) in [6.07, 6.45) is 3.39. The third kappa shape index (κ3) is 3.75. The van der Waals surface area contributed by atoms with Crippen LogP contribution in [0.5, 0.6) is 0 Å². The molecule has 1 aromatic carbocycles. The summed E-state index contributed by atoms with van der Waals surface area (Å²) in [4.78, 5) is 27.7. The van der Waals surface area contributed by atoms with Gasteiger partial charge in [-0.2, -0.15) is 4.52 Å². The number of aliphatic imine (C=N–C) groups is 1. The van der Waals surface area contributed by atoms with Gasteiger partial charge in [0.15, 0.2) is 17.3 Å². The van der Waals surface area contributed by atoms with Gasteiger partial charge in [-0.1, -0.05) is 30.3 Å². The zero-order valence-electron chi connectivity index (χ0n) is 16.1. The average molecular weight is 384 g/mol. The van der Waals surface area contributed by atoms with Gasteiger partial charge in [0.1, 0.15) is 0 Å². The molecule has 4 aromatic rings. The second-order valence-electron chi connectivity index (χ2n) is 6.51. The quantitative estimate of drug-likeness (QED) is 0.474. The van der Waals surface area contributed by atoms with Crippen molar-refractivity contribution in [3.8, 4) is 11.4 Å². The Kier molecular flexibility index (Phi) is 5.11. The molecule has 1 amide bonds. The van der Waals surface area contributed by atoms with Crippen LogP contribution in [0, 0.1) is 0 Å². The van der Waals surface area contributed by atoms with E-state index in [-0.39, 0.29) is 5.91 Å². The van der Waals surface area contributed by atoms with Crippen molar-refractivity contribution >= 4 is 24.1 Å². The van der Waals surface area contributed by atoms with E-state index in [4.69, 9.17) is 0 Å². The van der Waals surface area contributed by atoms with Crippen LogP contribution in [0.25, 0.3) is 17.0 Å². The van der Waals surface area contributed by atoms with Gasteiger partial charge in [0, 0.05) is 36.6 Å². The number of fused-ring (bicyclic) bond motifs is 1. The van der Waals surface area contributed by atoms with Crippen LogP contribution < -0.4 is 0 Å². The lowest BCUT2D eigenvalue weighted by Crippen LogP contribution is -2.30. The molecule has 0 radical (unpaired) electrons. The summed E-state index contributed by atoms with van der Waals surface area (Å²) in [7, 11) is 0. The molecule has 0 bridgehead atoms. The largest absolute Gasteiger partial charge is 0.335 e. The van der Waals surface area contributed by atoms with E-state index >= 15 is 0 Å². The van der Waals surface area contributed by atoms with Gasteiger partial charge in [-0.25, -0.2) is 9.98 Å². The lowest BCUT2D eigenvalue weighted by Gasteiger charge is -2.21. The molecule has 7 heteroatoms. The van der Waals surface area contributed by atoms with Crippen LogP contribution in [0.15, 0.2) is 72.0 Å². The van der Waals surface area contributed by atoms with E-state index in [9.17, 15) is 4.79 Å². The number of nitrogens with zero attached hydrogens (tertiary/aromatic N) is 6. The predicted molar refractivity (Wildman–Crippen MR) is 112 cm³/mol. The minimum atomic E-state index is -0.0883. The van der Waals surface area contributed by atoms with Crippen LogP contribution in [-0.4, -0.2) is 43.7 Å². The molecule has 0 aliphatic carbocycles. The predicted octanol–water partition coefficient (Wildman–Crippen LogP) is 3.79. The zero-order chi connectivity index (χ0) is 20.2. The van der Waals surface area contributed by atoms with Crippen LogP contribution >= 0.6 is 0 Å². The zero-order valence-corrected chi connectivity index (χ0v) is 16.1. The highest BCUT2D eigenvalue weighted by Gasteiger charge is 2.18. The number of rotatable bonds is 6. The van der Waals surface area contributed by atoms with Gasteiger partial charge < -0.3 is 4.90 Å². The van der Waals surface area contributed by atoms with E-state index < -0.39 is 0 Å². The lowest BCUT2D eigenvalue weighted by atomic mass is 10.1. The van der Waals surface area contributed by atoms with Crippen LogP contribution in [0.1, 0.15) is 22.8 Å². The lowest BCUT2D eigenvalue weighted by molar-refractivity contribution is 0.0752. The van der Waals surface area contributed by atoms with E-state index in [1.807, 2.05) is 49.4 Å². The molecule has 0 spiro atoms. The normalized spacial score (nSPS) is 10.8. The number of carbonyl (C=O) groups excluding carboxylic acids is 1. The molecule has 3 heterocycles.